The molecule has 0 fully saturated rings. The minimum absolute atomic E-state index is 0.119. The summed E-state index contributed by atoms with van der Waals surface area (Å²) >= 11 is 1.53. The van der Waals surface area contributed by atoms with Crippen molar-refractivity contribution in [2.24, 2.45) is 0 Å². The van der Waals surface area contributed by atoms with Crippen molar-refractivity contribution >= 4 is 22.9 Å². The molecule has 0 spiro atoms. The Hall–Kier alpha value is -2.73. The van der Waals surface area contributed by atoms with Crippen LogP contribution in [0.4, 0.5) is 5.69 Å². The first-order chi connectivity index (χ1) is 11.1. The first-order valence-corrected chi connectivity index (χ1v) is 7.98. The van der Waals surface area contributed by atoms with Crippen LogP contribution in [0.25, 0.3) is 10.6 Å². The van der Waals surface area contributed by atoms with Gasteiger partial charge in [-0.05, 0) is 36.6 Å². The van der Waals surface area contributed by atoms with Crippen molar-refractivity contribution in [3.8, 4) is 10.6 Å². The lowest BCUT2D eigenvalue weighted by atomic mass is 10.2. The van der Waals surface area contributed by atoms with Crippen LogP contribution in [0.3, 0.4) is 0 Å². The van der Waals surface area contributed by atoms with Gasteiger partial charge in [0.25, 0.3) is 5.56 Å². The summed E-state index contributed by atoms with van der Waals surface area (Å²) in [5, 5.41) is 8.97. The Morgan fingerprint density at radius 2 is 1.96 bits per heavy atom. The lowest BCUT2D eigenvalue weighted by molar-refractivity contribution is -0.117. The molecule has 0 radical (unpaired) electrons. The van der Waals surface area contributed by atoms with Crippen molar-refractivity contribution in [2.75, 3.05) is 5.32 Å². The van der Waals surface area contributed by atoms with Gasteiger partial charge in [0.15, 0.2) is 0 Å². The molecule has 0 bridgehead atoms. The van der Waals surface area contributed by atoms with Gasteiger partial charge in [0, 0.05) is 11.8 Å². The number of carbonyl (C=O) groups excluding carboxylic acids is 1. The van der Waals surface area contributed by atoms with Gasteiger partial charge in [0.1, 0.15) is 12.2 Å². The largest absolute Gasteiger partial charge is 0.324 e. The Morgan fingerprint density at radius 3 is 2.65 bits per heavy atom. The fourth-order valence-electron chi connectivity index (χ4n) is 2.09. The van der Waals surface area contributed by atoms with E-state index in [1.807, 2.05) is 48.7 Å². The molecule has 2 aromatic heterocycles. The highest BCUT2D eigenvalue weighted by molar-refractivity contribution is 7.13. The van der Waals surface area contributed by atoms with Gasteiger partial charge in [0.2, 0.25) is 5.91 Å². The van der Waals surface area contributed by atoms with E-state index in [9.17, 15) is 9.59 Å². The second-order valence-corrected chi connectivity index (χ2v) is 6.05. The summed E-state index contributed by atoms with van der Waals surface area (Å²) in [7, 11) is 0. The first-order valence-electron chi connectivity index (χ1n) is 7.10. The molecule has 116 valence electrons. The molecule has 1 aromatic carbocycles. The summed E-state index contributed by atoms with van der Waals surface area (Å²) < 4.78 is 1.18. The number of thiophene rings is 1. The molecule has 0 aliphatic carbocycles. The first kappa shape index (κ1) is 15.2. The Labute approximate surface area is 137 Å². The number of nitrogens with zero attached hydrogens (tertiary/aromatic N) is 2. The zero-order valence-corrected chi connectivity index (χ0v) is 13.3. The molecule has 0 aliphatic heterocycles. The maximum absolute atomic E-state index is 12.1. The van der Waals surface area contributed by atoms with Gasteiger partial charge >= 0.3 is 0 Å². The topological polar surface area (TPSA) is 64.0 Å². The van der Waals surface area contributed by atoms with Crippen molar-refractivity contribution < 1.29 is 4.79 Å². The van der Waals surface area contributed by atoms with Crippen LogP contribution in [-0.2, 0) is 11.3 Å². The number of carbonyl (C=O) groups is 1. The molecule has 23 heavy (non-hydrogen) atoms. The predicted octanol–water partition coefficient (Wildman–Crippen LogP) is 2.92. The number of benzene rings is 1. The predicted molar refractivity (Wildman–Crippen MR) is 91.6 cm³/mol. The highest BCUT2D eigenvalue weighted by Gasteiger charge is 2.08. The van der Waals surface area contributed by atoms with Crippen molar-refractivity contribution in [3.63, 3.8) is 0 Å². The molecular weight excluding hydrogens is 310 g/mol. The Kier molecular flexibility index (Phi) is 4.34. The van der Waals surface area contributed by atoms with Gasteiger partial charge in [-0.1, -0.05) is 23.8 Å². The normalized spacial score (nSPS) is 10.5. The SMILES string of the molecule is Cc1ccc(NC(=O)Cn2nc(-c3cccs3)ccc2=O)cc1. The fourth-order valence-corrected chi connectivity index (χ4v) is 2.78. The standard InChI is InChI=1S/C17H15N3O2S/c1-12-4-6-13(7-5-12)18-16(21)11-20-17(22)9-8-14(19-20)15-3-2-10-23-15/h2-10H,11H2,1H3,(H,18,21). The van der Waals surface area contributed by atoms with E-state index in [1.54, 1.807) is 6.07 Å². The molecule has 3 rings (SSSR count). The van der Waals surface area contributed by atoms with Gasteiger partial charge < -0.3 is 5.32 Å². The third-order valence-corrected chi connectivity index (χ3v) is 4.16. The quantitative estimate of drug-likeness (QED) is 0.802. The highest BCUT2D eigenvalue weighted by Crippen LogP contribution is 2.21. The summed E-state index contributed by atoms with van der Waals surface area (Å²) in [6.07, 6.45) is 0. The van der Waals surface area contributed by atoms with Crippen molar-refractivity contribution in [3.05, 3.63) is 69.8 Å². The molecule has 2 heterocycles. The molecule has 1 amide bonds. The van der Waals surface area contributed by atoms with Crippen LogP contribution in [0.2, 0.25) is 0 Å². The number of rotatable bonds is 4. The van der Waals surface area contributed by atoms with Crippen molar-refractivity contribution in [1.82, 2.24) is 9.78 Å². The third-order valence-electron chi connectivity index (χ3n) is 3.27. The highest BCUT2D eigenvalue weighted by atomic mass is 32.1. The van der Waals surface area contributed by atoms with Crippen LogP contribution >= 0.6 is 11.3 Å². The molecular formula is C17H15N3O2S. The number of aromatic nitrogens is 2. The average Bonchev–Trinajstić information content (AvgIpc) is 3.06. The van der Waals surface area contributed by atoms with Crippen LogP contribution < -0.4 is 10.9 Å². The summed E-state index contributed by atoms with van der Waals surface area (Å²) in [6.45, 7) is 1.86. The molecule has 5 nitrogen and oxygen atoms in total. The monoisotopic (exact) mass is 325 g/mol. The summed E-state index contributed by atoms with van der Waals surface area (Å²) in [4.78, 5) is 25.0. The number of aryl methyl sites for hydroxylation is 1. The van der Waals surface area contributed by atoms with Crippen LogP contribution in [0, 0.1) is 6.92 Å². The third kappa shape index (κ3) is 3.73. The summed E-state index contributed by atoms with van der Waals surface area (Å²) in [6, 6.07) is 14.4. The molecule has 0 saturated heterocycles. The van der Waals surface area contributed by atoms with Gasteiger partial charge in [-0.2, -0.15) is 5.10 Å². The van der Waals surface area contributed by atoms with Crippen LogP contribution in [0.5, 0.6) is 0 Å². The van der Waals surface area contributed by atoms with Crippen molar-refractivity contribution in [2.45, 2.75) is 13.5 Å². The van der Waals surface area contributed by atoms with E-state index in [1.165, 1.54) is 22.1 Å². The van der Waals surface area contributed by atoms with Gasteiger partial charge in [0.05, 0.1) is 4.88 Å². The van der Waals surface area contributed by atoms with Crippen LogP contribution in [0.15, 0.2) is 58.7 Å². The molecule has 0 aliphatic rings. The molecule has 0 saturated carbocycles. The molecule has 3 aromatic rings. The lowest BCUT2D eigenvalue weighted by Gasteiger charge is -2.08. The van der Waals surface area contributed by atoms with Crippen molar-refractivity contribution in [1.29, 1.82) is 0 Å². The molecule has 6 heteroatoms. The zero-order valence-electron chi connectivity index (χ0n) is 12.5. The minimum atomic E-state index is -0.302. The number of hydrogen-bond donors (Lipinski definition) is 1. The minimum Gasteiger partial charge on any atom is -0.324 e. The molecule has 1 N–H and O–H groups in total. The fraction of sp³-hybridized carbons (Fsp3) is 0.118. The molecule has 0 atom stereocenters. The lowest BCUT2D eigenvalue weighted by Crippen LogP contribution is -2.29. The van der Waals surface area contributed by atoms with Crippen LogP contribution in [-0.4, -0.2) is 15.7 Å². The average molecular weight is 325 g/mol. The summed E-state index contributed by atoms with van der Waals surface area (Å²) in [5.41, 5.74) is 2.19. The zero-order chi connectivity index (χ0) is 16.2. The van der Waals surface area contributed by atoms with Gasteiger partial charge in [-0.15, -0.1) is 11.3 Å². The number of nitrogens with one attached hydrogen (secondary N) is 1. The van der Waals surface area contributed by atoms with Gasteiger partial charge in [-0.3, -0.25) is 9.59 Å². The van der Waals surface area contributed by atoms with E-state index in [-0.39, 0.29) is 18.0 Å². The van der Waals surface area contributed by atoms with E-state index >= 15 is 0 Å². The second-order valence-electron chi connectivity index (χ2n) is 5.11. The maximum atomic E-state index is 12.1. The van der Waals surface area contributed by atoms with Gasteiger partial charge in [-0.25, -0.2) is 4.68 Å². The Morgan fingerprint density at radius 1 is 1.17 bits per heavy atom. The number of anilines is 1. The Bertz CT molecular complexity index is 868. The van der Waals surface area contributed by atoms with E-state index in [0.29, 0.717) is 11.4 Å². The van der Waals surface area contributed by atoms with E-state index in [0.717, 1.165) is 10.4 Å². The second kappa shape index (κ2) is 6.58. The van der Waals surface area contributed by atoms with E-state index in [2.05, 4.69) is 10.4 Å². The number of amides is 1. The van der Waals surface area contributed by atoms with Crippen LogP contribution in [0.1, 0.15) is 5.56 Å². The Balaban J connectivity index is 1.76. The molecule has 0 unspecified atom stereocenters. The van der Waals surface area contributed by atoms with E-state index < -0.39 is 0 Å². The van der Waals surface area contributed by atoms with E-state index in [4.69, 9.17) is 0 Å². The smallest absolute Gasteiger partial charge is 0.267 e. The maximum Gasteiger partial charge on any atom is 0.267 e. The summed E-state index contributed by atoms with van der Waals surface area (Å²) in [5.74, 6) is -0.285. The number of hydrogen-bond acceptors (Lipinski definition) is 4.